The van der Waals surface area contributed by atoms with Gasteiger partial charge in [-0.1, -0.05) is 13.3 Å². The molecule has 1 aliphatic rings. The first kappa shape index (κ1) is 13.1. The SMILES string of the molecule is CCCC1CC1Nc1ccc(N)cc1C(F)(F)F. The molecule has 2 rings (SSSR count). The van der Waals surface area contributed by atoms with Gasteiger partial charge in [-0.25, -0.2) is 0 Å². The van der Waals surface area contributed by atoms with E-state index >= 15 is 0 Å². The number of benzene rings is 1. The van der Waals surface area contributed by atoms with E-state index in [0.29, 0.717) is 5.92 Å². The van der Waals surface area contributed by atoms with Crippen molar-refractivity contribution in [2.24, 2.45) is 5.92 Å². The summed E-state index contributed by atoms with van der Waals surface area (Å²) in [6.07, 6.45) is -1.28. The monoisotopic (exact) mass is 258 g/mol. The van der Waals surface area contributed by atoms with Crippen LogP contribution >= 0.6 is 0 Å². The molecule has 5 heteroatoms. The van der Waals surface area contributed by atoms with Crippen molar-refractivity contribution in [3.63, 3.8) is 0 Å². The second-order valence-corrected chi connectivity index (χ2v) is 4.84. The second-order valence-electron chi connectivity index (χ2n) is 4.84. The van der Waals surface area contributed by atoms with Crippen LogP contribution in [0.3, 0.4) is 0 Å². The summed E-state index contributed by atoms with van der Waals surface area (Å²) in [7, 11) is 0. The molecule has 0 amide bonds. The lowest BCUT2D eigenvalue weighted by atomic mass is 10.1. The number of nitrogen functional groups attached to an aromatic ring is 1. The van der Waals surface area contributed by atoms with Gasteiger partial charge in [0.25, 0.3) is 0 Å². The van der Waals surface area contributed by atoms with Crippen molar-refractivity contribution in [3.05, 3.63) is 23.8 Å². The van der Waals surface area contributed by atoms with Crippen molar-refractivity contribution in [1.29, 1.82) is 0 Å². The third kappa shape index (κ3) is 2.89. The van der Waals surface area contributed by atoms with Crippen LogP contribution in [0, 0.1) is 5.92 Å². The molecule has 0 aliphatic heterocycles. The van der Waals surface area contributed by atoms with Gasteiger partial charge in [0.05, 0.1) is 5.56 Å². The van der Waals surface area contributed by atoms with Gasteiger partial charge in [-0.2, -0.15) is 13.2 Å². The molecule has 0 bridgehead atoms. The lowest BCUT2D eigenvalue weighted by Crippen LogP contribution is -2.13. The zero-order valence-electron chi connectivity index (χ0n) is 10.2. The van der Waals surface area contributed by atoms with Crippen molar-refractivity contribution in [1.82, 2.24) is 0 Å². The molecule has 0 radical (unpaired) electrons. The van der Waals surface area contributed by atoms with Gasteiger partial charge in [-0.05, 0) is 37.0 Å². The largest absolute Gasteiger partial charge is 0.418 e. The van der Waals surface area contributed by atoms with Crippen LogP contribution in [0.4, 0.5) is 24.5 Å². The molecule has 18 heavy (non-hydrogen) atoms. The zero-order chi connectivity index (χ0) is 13.3. The minimum absolute atomic E-state index is 0.133. The van der Waals surface area contributed by atoms with Crippen LogP contribution in [0.2, 0.25) is 0 Å². The van der Waals surface area contributed by atoms with Gasteiger partial charge in [0.2, 0.25) is 0 Å². The molecule has 2 unspecified atom stereocenters. The Kier molecular flexibility index (Phi) is 3.41. The number of nitrogens with one attached hydrogen (secondary N) is 1. The Morgan fingerprint density at radius 1 is 1.39 bits per heavy atom. The Labute approximate surface area is 104 Å². The summed E-state index contributed by atoms with van der Waals surface area (Å²) < 4.78 is 38.5. The van der Waals surface area contributed by atoms with Gasteiger partial charge in [-0.3, -0.25) is 0 Å². The van der Waals surface area contributed by atoms with Gasteiger partial charge in [-0.15, -0.1) is 0 Å². The van der Waals surface area contributed by atoms with Crippen molar-refractivity contribution in [2.45, 2.75) is 38.4 Å². The number of halogens is 3. The Morgan fingerprint density at radius 3 is 2.72 bits per heavy atom. The first-order chi connectivity index (χ1) is 8.41. The van der Waals surface area contributed by atoms with Gasteiger partial charge in [0.1, 0.15) is 0 Å². The minimum atomic E-state index is -4.37. The molecule has 100 valence electrons. The van der Waals surface area contributed by atoms with E-state index in [9.17, 15) is 13.2 Å². The van der Waals surface area contributed by atoms with Gasteiger partial charge >= 0.3 is 6.18 Å². The van der Waals surface area contributed by atoms with E-state index in [4.69, 9.17) is 5.73 Å². The molecule has 3 N–H and O–H groups in total. The Balaban J connectivity index is 2.13. The third-order valence-corrected chi connectivity index (χ3v) is 3.27. The molecule has 1 saturated carbocycles. The van der Waals surface area contributed by atoms with Crippen molar-refractivity contribution >= 4 is 11.4 Å². The summed E-state index contributed by atoms with van der Waals surface area (Å²) >= 11 is 0. The topological polar surface area (TPSA) is 38.0 Å². The molecule has 1 aromatic carbocycles. The van der Waals surface area contributed by atoms with Crippen LogP contribution in [-0.2, 0) is 6.18 Å². The van der Waals surface area contributed by atoms with E-state index in [1.807, 2.05) is 0 Å². The predicted molar refractivity (Wildman–Crippen MR) is 66.3 cm³/mol. The van der Waals surface area contributed by atoms with Crippen LogP contribution in [0.25, 0.3) is 0 Å². The van der Waals surface area contributed by atoms with Crippen LogP contribution in [0.15, 0.2) is 18.2 Å². The van der Waals surface area contributed by atoms with Crippen LogP contribution in [0.1, 0.15) is 31.7 Å². The van der Waals surface area contributed by atoms with Gasteiger partial charge in [0, 0.05) is 17.4 Å². The van der Waals surface area contributed by atoms with Gasteiger partial charge in [0.15, 0.2) is 0 Å². The smallest absolute Gasteiger partial charge is 0.399 e. The summed E-state index contributed by atoms with van der Waals surface area (Å²) in [6, 6.07) is 4.07. The summed E-state index contributed by atoms with van der Waals surface area (Å²) in [5.74, 6) is 0.508. The standard InChI is InChI=1S/C13H17F3N2/c1-2-3-8-6-12(8)18-11-5-4-9(17)7-10(11)13(14,15)16/h4-5,7-8,12,18H,2-3,6,17H2,1H3. The number of alkyl halides is 3. The number of anilines is 2. The highest BCUT2D eigenvalue weighted by Crippen LogP contribution is 2.41. The maximum absolute atomic E-state index is 12.8. The minimum Gasteiger partial charge on any atom is -0.399 e. The van der Waals surface area contributed by atoms with Crippen LogP contribution in [-0.4, -0.2) is 6.04 Å². The Hall–Kier alpha value is -1.39. The lowest BCUT2D eigenvalue weighted by molar-refractivity contribution is -0.136. The normalized spacial score (nSPS) is 22.9. The summed E-state index contributed by atoms with van der Waals surface area (Å²) in [6.45, 7) is 2.08. The van der Waals surface area contributed by atoms with Crippen molar-refractivity contribution in [2.75, 3.05) is 11.1 Å². The molecule has 0 aromatic heterocycles. The first-order valence-electron chi connectivity index (χ1n) is 6.15. The number of nitrogens with two attached hydrogens (primary N) is 1. The molecular formula is C13H17F3N2. The fraction of sp³-hybridized carbons (Fsp3) is 0.538. The maximum atomic E-state index is 12.8. The maximum Gasteiger partial charge on any atom is 0.418 e. The number of rotatable bonds is 4. The highest BCUT2D eigenvalue weighted by molar-refractivity contribution is 5.60. The molecule has 2 atom stereocenters. The van der Waals surface area contributed by atoms with E-state index in [1.54, 1.807) is 0 Å². The summed E-state index contributed by atoms with van der Waals surface area (Å²) in [5, 5.41) is 2.98. The predicted octanol–water partition coefficient (Wildman–Crippen LogP) is 3.89. The average Bonchev–Trinajstić information content (AvgIpc) is 2.98. The zero-order valence-corrected chi connectivity index (χ0v) is 10.2. The second kappa shape index (κ2) is 4.71. The molecule has 1 fully saturated rings. The Bertz CT molecular complexity index is 429. The van der Waals surface area contributed by atoms with Crippen LogP contribution < -0.4 is 11.1 Å². The van der Waals surface area contributed by atoms with E-state index < -0.39 is 11.7 Å². The fourth-order valence-electron chi connectivity index (χ4n) is 2.24. The van der Waals surface area contributed by atoms with Crippen molar-refractivity contribution in [3.8, 4) is 0 Å². The van der Waals surface area contributed by atoms with E-state index in [1.165, 1.54) is 12.1 Å². The van der Waals surface area contributed by atoms with Gasteiger partial charge < -0.3 is 11.1 Å². The molecular weight excluding hydrogens is 241 g/mol. The Morgan fingerprint density at radius 2 is 2.11 bits per heavy atom. The number of hydrogen-bond acceptors (Lipinski definition) is 2. The molecule has 0 saturated heterocycles. The van der Waals surface area contributed by atoms with E-state index in [0.717, 1.165) is 25.3 Å². The molecule has 0 heterocycles. The average molecular weight is 258 g/mol. The fourth-order valence-corrected chi connectivity index (χ4v) is 2.24. The molecule has 2 nitrogen and oxygen atoms in total. The lowest BCUT2D eigenvalue weighted by Gasteiger charge is -2.15. The third-order valence-electron chi connectivity index (χ3n) is 3.27. The summed E-state index contributed by atoms with van der Waals surface area (Å²) in [4.78, 5) is 0. The molecule has 1 aromatic rings. The van der Waals surface area contributed by atoms with Crippen molar-refractivity contribution < 1.29 is 13.2 Å². The molecule has 1 aliphatic carbocycles. The quantitative estimate of drug-likeness (QED) is 0.804. The first-order valence-corrected chi connectivity index (χ1v) is 6.15. The van der Waals surface area contributed by atoms with Crippen LogP contribution in [0.5, 0.6) is 0 Å². The summed E-state index contributed by atoms with van der Waals surface area (Å²) in [5.41, 5.74) is 5.01. The van der Waals surface area contributed by atoms with E-state index in [-0.39, 0.29) is 17.4 Å². The highest BCUT2D eigenvalue weighted by atomic mass is 19.4. The molecule has 0 spiro atoms. The van der Waals surface area contributed by atoms with E-state index in [2.05, 4.69) is 12.2 Å². The number of hydrogen-bond donors (Lipinski definition) is 2. The highest BCUT2D eigenvalue weighted by Gasteiger charge is 2.39.